The summed E-state index contributed by atoms with van der Waals surface area (Å²) in [6.07, 6.45) is -1.22. The van der Waals surface area contributed by atoms with Gasteiger partial charge in [0.1, 0.15) is 0 Å². The van der Waals surface area contributed by atoms with Crippen molar-refractivity contribution in [3.05, 3.63) is 0 Å². The fourth-order valence-corrected chi connectivity index (χ4v) is 1.56. The van der Waals surface area contributed by atoms with Crippen molar-refractivity contribution in [1.29, 1.82) is 0 Å². The number of likely N-dealkylation sites (tertiary alicyclic amines) is 1. The van der Waals surface area contributed by atoms with Crippen LogP contribution in [0, 0.1) is 0 Å². The van der Waals surface area contributed by atoms with Crippen LogP contribution < -0.4 is 0 Å². The molecule has 3 nitrogen and oxygen atoms in total. The third-order valence-corrected chi connectivity index (χ3v) is 2.25. The van der Waals surface area contributed by atoms with Crippen LogP contribution in [0.25, 0.3) is 0 Å². The first-order valence-corrected chi connectivity index (χ1v) is 4.29. The van der Waals surface area contributed by atoms with Crippen LogP contribution in [0.4, 0.5) is 13.6 Å². The van der Waals surface area contributed by atoms with E-state index in [1.54, 1.807) is 0 Å². The third kappa shape index (κ3) is 2.29. The number of nitrogens with zero attached hydrogens (tertiary/aromatic N) is 1. The van der Waals surface area contributed by atoms with E-state index >= 15 is 0 Å². The van der Waals surface area contributed by atoms with Crippen LogP contribution >= 0.6 is 0 Å². The Labute approximate surface area is 75.7 Å². The Morgan fingerprint density at radius 1 is 1.54 bits per heavy atom. The molecule has 1 fully saturated rings. The van der Waals surface area contributed by atoms with Gasteiger partial charge in [-0.15, -0.1) is 0 Å². The number of alkyl halides is 2. The van der Waals surface area contributed by atoms with E-state index in [2.05, 4.69) is 4.74 Å². The molecule has 0 bridgehead atoms. The van der Waals surface area contributed by atoms with Crippen LogP contribution in [0.2, 0.25) is 0 Å². The second kappa shape index (κ2) is 4.39. The molecule has 1 saturated heterocycles. The number of hydrogen-bond donors (Lipinski definition) is 0. The van der Waals surface area contributed by atoms with Crippen molar-refractivity contribution in [3.63, 3.8) is 0 Å². The fourth-order valence-electron chi connectivity index (χ4n) is 1.56. The number of carbonyl (C=O) groups is 1. The molecule has 76 valence electrons. The first-order chi connectivity index (χ1) is 6.16. The van der Waals surface area contributed by atoms with Gasteiger partial charge in [0.05, 0.1) is 13.2 Å². The SMILES string of the molecule is COC(=O)N1CCCCC1C(F)F. The van der Waals surface area contributed by atoms with E-state index < -0.39 is 18.6 Å². The summed E-state index contributed by atoms with van der Waals surface area (Å²) in [5, 5.41) is 0. The Kier molecular flexibility index (Phi) is 3.45. The molecule has 1 atom stereocenters. The highest BCUT2D eigenvalue weighted by Crippen LogP contribution is 2.22. The molecule has 0 N–H and O–H groups in total. The second-order valence-electron chi connectivity index (χ2n) is 3.06. The number of ether oxygens (including phenoxy) is 1. The fraction of sp³-hybridized carbons (Fsp3) is 0.875. The molecule has 0 aromatic rings. The summed E-state index contributed by atoms with van der Waals surface area (Å²) in [7, 11) is 1.21. The molecule has 0 aliphatic carbocycles. The Morgan fingerprint density at radius 2 is 2.23 bits per heavy atom. The van der Waals surface area contributed by atoms with Crippen molar-refractivity contribution in [2.75, 3.05) is 13.7 Å². The van der Waals surface area contributed by atoms with Gasteiger partial charge < -0.3 is 4.74 Å². The molecular weight excluding hydrogens is 180 g/mol. The molecule has 0 radical (unpaired) electrons. The van der Waals surface area contributed by atoms with Gasteiger partial charge in [0.15, 0.2) is 0 Å². The van der Waals surface area contributed by atoms with Gasteiger partial charge in [-0.1, -0.05) is 0 Å². The van der Waals surface area contributed by atoms with Crippen molar-refractivity contribution in [3.8, 4) is 0 Å². The van der Waals surface area contributed by atoms with Crippen LogP contribution in [-0.2, 0) is 4.74 Å². The lowest BCUT2D eigenvalue weighted by molar-refractivity contribution is 0.00544. The predicted octanol–water partition coefficient (Wildman–Crippen LogP) is 1.87. The normalized spacial score (nSPS) is 23.4. The zero-order chi connectivity index (χ0) is 9.84. The minimum Gasteiger partial charge on any atom is -0.453 e. The summed E-state index contributed by atoms with van der Waals surface area (Å²) in [4.78, 5) is 12.2. The smallest absolute Gasteiger partial charge is 0.409 e. The molecule has 1 unspecified atom stereocenters. The Balaban J connectivity index is 2.61. The predicted molar refractivity (Wildman–Crippen MR) is 42.8 cm³/mol. The number of methoxy groups -OCH3 is 1. The minimum atomic E-state index is -2.47. The highest BCUT2D eigenvalue weighted by atomic mass is 19.3. The molecule has 5 heteroatoms. The highest BCUT2D eigenvalue weighted by Gasteiger charge is 2.33. The number of hydrogen-bond acceptors (Lipinski definition) is 2. The molecule has 0 aromatic heterocycles. The Bertz CT molecular complexity index is 187. The lowest BCUT2D eigenvalue weighted by Gasteiger charge is -2.33. The van der Waals surface area contributed by atoms with E-state index in [1.165, 1.54) is 7.11 Å². The first-order valence-electron chi connectivity index (χ1n) is 4.29. The minimum absolute atomic E-state index is 0.368. The van der Waals surface area contributed by atoms with Crippen molar-refractivity contribution >= 4 is 6.09 Å². The summed E-state index contributed by atoms with van der Waals surface area (Å²) in [5.41, 5.74) is 0. The van der Waals surface area contributed by atoms with Gasteiger partial charge in [-0.05, 0) is 19.3 Å². The van der Waals surface area contributed by atoms with Gasteiger partial charge in [0.2, 0.25) is 0 Å². The molecule has 1 amide bonds. The van der Waals surface area contributed by atoms with Gasteiger partial charge >= 0.3 is 6.09 Å². The largest absolute Gasteiger partial charge is 0.453 e. The van der Waals surface area contributed by atoms with Crippen molar-refractivity contribution in [2.45, 2.75) is 31.7 Å². The Morgan fingerprint density at radius 3 is 2.77 bits per heavy atom. The van der Waals surface area contributed by atoms with Crippen molar-refractivity contribution in [1.82, 2.24) is 4.90 Å². The molecular formula is C8H13F2NO2. The summed E-state index contributed by atoms with van der Waals surface area (Å²) >= 11 is 0. The van der Waals surface area contributed by atoms with Gasteiger partial charge in [-0.3, -0.25) is 4.90 Å². The molecule has 1 rings (SSSR count). The summed E-state index contributed by atoms with van der Waals surface area (Å²) in [6, 6.07) is -0.957. The molecule has 0 saturated carbocycles. The van der Waals surface area contributed by atoms with Crippen molar-refractivity contribution in [2.24, 2.45) is 0 Å². The summed E-state index contributed by atoms with van der Waals surface area (Å²) in [5.74, 6) is 0. The molecule has 0 spiro atoms. The standard InChI is InChI=1S/C8H13F2NO2/c1-13-8(12)11-5-3-2-4-6(11)7(9)10/h6-7H,2-5H2,1H3. The van der Waals surface area contributed by atoms with Crippen LogP contribution in [-0.4, -0.2) is 37.1 Å². The summed E-state index contributed by atoms with van der Waals surface area (Å²) < 4.78 is 29.3. The van der Waals surface area contributed by atoms with Gasteiger partial charge in [0, 0.05) is 6.54 Å². The van der Waals surface area contributed by atoms with E-state index in [1.807, 2.05) is 0 Å². The lowest BCUT2D eigenvalue weighted by Crippen LogP contribution is -2.47. The quantitative estimate of drug-likeness (QED) is 0.636. The summed E-state index contributed by atoms with van der Waals surface area (Å²) in [6.45, 7) is 0.377. The highest BCUT2D eigenvalue weighted by molar-refractivity contribution is 5.68. The van der Waals surface area contributed by atoms with E-state index in [-0.39, 0.29) is 0 Å². The molecule has 1 heterocycles. The van der Waals surface area contributed by atoms with Crippen LogP contribution in [0.5, 0.6) is 0 Å². The van der Waals surface area contributed by atoms with Crippen molar-refractivity contribution < 1.29 is 18.3 Å². The number of piperidine rings is 1. The van der Waals surface area contributed by atoms with E-state index in [0.29, 0.717) is 13.0 Å². The first kappa shape index (κ1) is 10.2. The van der Waals surface area contributed by atoms with E-state index in [9.17, 15) is 13.6 Å². The Hall–Kier alpha value is -0.870. The van der Waals surface area contributed by atoms with Crippen LogP contribution in [0.1, 0.15) is 19.3 Å². The maximum atomic E-state index is 12.4. The van der Waals surface area contributed by atoms with Crippen LogP contribution in [0.3, 0.4) is 0 Å². The molecule has 0 aromatic carbocycles. The number of amides is 1. The molecule has 1 aliphatic heterocycles. The van der Waals surface area contributed by atoms with E-state index in [4.69, 9.17) is 0 Å². The third-order valence-electron chi connectivity index (χ3n) is 2.25. The number of rotatable bonds is 1. The number of carbonyl (C=O) groups excluding carboxylic acids is 1. The molecule has 13 heavy (non-hydrogen) atoms. The van der Waals surface area contributed by atoms with Crippen LogP contribution in [0.15, 0.2) is 0 Å². The van der Waals surface area contributed by atoms with Gasteiger partial charge in [0.25, 0.3) is 6.43 Å². The zero-order valence-electron chi connectivity index (χ0n) is 7.50. The van der Waals surface area contributed by atoms with Gasteiger partial charge in [-0.25, -0.2) is 13.6 Å². The monoisotopic (exact) mass is 193 g/mol. The average Bonchev–Trinajstić information content (AvgIpc) is 2.16. The average molecular weight is 193 g/mol. The maximum Gasteiger partial charge on any atom is 0.409 e. The maximum absolute atomic E-state index is 12.4. The van der Waals surface area contributed by atoms with E-state index in [0.717, 1.165) is 17.7 Å². The second-order valence-corrected chi connectivity index (χ2v) is 3.06. The molecule has 1 aliphatic rings. The van der Waals surface area contributed by atoms with Gasteiger partial charge in [-0.2, -0.15) is 0 Å². The number of halogens is 2. The topological polar surface area (TPSA) is 29.5 Å². The zero-order valence-corrected chi connectivity index (χ0v) is 7.50. The lowest BCUT2D eigenvalue weighted by atomic mass is 10.0.